The van der Waals surface area contributed by atoms with E-state index in [1.165, 1.54) is 0 Å². The van der Waals surface area contributed by atoms with Gasteiger partial charge in [0.1, 0.15) is 0 Å². The van der Waals surface area contributed by atoms with Gasteiger partial charge in [0.05, 0.1) is 0 Å². The third-order valence-corrected chi connectivity index (χ3v) is 3.49. The summed E-state index contributed by atoms with van der Waals surface area (Å²) in [6.45, 7) is 0.148. The molecule has 4 N–H and O–H groups in total. The normalized spacial score (nSPS) is 13.6. The van der Waals surface area contributed by atoms with Crippen molar-refractivity contribution in [3.63, 3.8) is 0 Å². The van der Waals surface area contributed by atoms with Gasteiger partial charge in [-0.1, -0.05) is 25.7 Å². The van der Waals surface area contributed by atoms with Gasteiger partial charge in [-0.3, -0.25) is 9.35 Å². The van der Waals surface area contributed by atoms with Gasteiger partial charge in [-0.15, -0.1) is 0 Å². The third-order valence-electron chi connectivity index (χ3n) is 2.30. The minimum Gasteiger partial charge on any atom is -0.396 e. The Morgan fingerprint density at radius 2 is 1.62 bits per heavy atom. The molecule has 1 amide bonds. The molecule has 96 valence electrons. The van der Waals surface area contributed by atoms with Gasteiger partial charge in [0.25, 0.3) is 10.1 Å². The van der Waals surface area contributed by atoms with Crippen LogP contribution >= 0.6 is 0 Å². The zero-order valence-corrected chi connectivity index (χ0v) is 9.95. The van der Waals surface area contributed by atoms with Crippen molar-refractivity contribution >= 4 is 16.0 Å². The monoisotopic (exact) mass is 253 g/mol. The fraction of sp³-hybridized carbons (Fsp3) is 0.889. The fourth-order valence-corrected chi connectivity index (χ4v) is 2.17. The standard InChI is InChI=1S/C9H19NO5S/c10-9(12)8(16(13,14)15)6-4-2-1-3-5-7-11/h8,11H,1-7H2,(H2,10,12)(H,13,14,15). The lowest BCUT2D eigenvalue weighted by molar-refractivity contribution is -0.117. The number of primary amides is 1. The zero-order chi connectivity index (χ0) is 12.6. The van der Waals surface area contributed by atoms with Crippen LogP contribution in [0.15, 0.2) is 0 Å². The van der Waals surface area contributed by atoms with Crippen molar-refractivity contribution in [1.82, 2.24) is 0 Å². The molecule has 0 saturated carbocycles. The van der Waals surface area contributed by atoms with Gasteiger partial charge in [0, 0.05) is 6.61 Å². The summed E-state index contributed by atoms with van der Waals surface area (Å²) in [6.07, 6.45) is 3.75. The topological polar surface area (TPSA) is 118 Å². The lowest BCUT2D eigenvalue weighted by Gasteiger charge is -2.09. The van der Waals surface area contributed by atoms with E-state index in [9.17, 15) is 13.2 Å². The molecule has 0 radical (unpaired) electrons. The SMILES string of the molecule is NC(=O)C(CCCCCCCO)S(=O)(=O)O. The van der Waals surface area contributed by atoms with Gasteiger partial charge in [0.15, 0.2) is 5.25 Å². The van der Waals surface area contributed by atoms with Crippen molar-refractivity contribution in [3.05, 3.63) is 0 Å². The maximum absolute atomic E-state index is 10.8. The molecule has 0 heterocycles. The predicted octanol–water partition coefficient (Wildman–Crippen LogP) is 0.0610. The number of hydrogen-bond acceptors (Lipinski definition) is 4. The lowest BCUT2D eigenvalue weighted by Crippen LogP contribution is -2.35. The summed E-state index contributed by atoms with van der Waals surface area (Å²) >= 11 is 0. The molecule has 1 atom stereocenters. The number of carbonyl (C=O) groups is 1. The van der Waals surface area contributed by atoms with Gasteiger partial charge < -0.3 is 10.8 Å². The minimum atomic E-state index is -4.38. The molecule has 0 aliphatic heterocycles. The molecule has 16 heavy (non-hydrogen) atoms. The fourth-order valence-electron chi connectivity index (χ4n) is 1.41. The number of carbonyl (C=O) groups excluding carboxylic acids is 1. The number of unbranched alkanes of at least 4 members (excludes halogenated alkanes) is 4. The molecule has 0 aromatic carbocycles. The highest BCUT2D eigenvalue weighted by molar-refractivity contribution is 7.87. The van der Waals surface area contributed by atoms with Gasteiger partial charge >= 0.3 is 0 Å². The van der Waals surface area contributed by atoms with Crippen LogP contribution in [0, 0.1) is 0 Å². The summed E-state index contributed by atoms with van der Waals surface area (Å²) in [5.41, 5.74) is 4.87. The van der Waals surface area contributed by atoms with Crippen molar-refractivity contribution in [2.24, 2.45) is 5.73 Å². The number of aliphatic hydroxyl groups is 1. The van der Waals surface area contributed by atoms with Crippen LogP contribution in [-0.4, -0.2) is 35.8 Å². The average molecular weight is 253 g/mol. The van der Waals surface area contributed by atoms with Crippen LogP contribution in [0.5, 0.6) is 0 Å². The molecule has 1 unspecified atom stereocenters. The van der Waals surface area contributed by atoms with E-state index < -0.39 is 21.3 Å². The molecule has 0 spiro atoms. The molecule has 0 aliphatic carbocycles. The van der Waals surface area contributed by atoms with E-state index in [2.05, 4.69) is 0 Å². The quantitative estimate of drug-likeness (QED) is 0.396. The van der Waals surface area contributed by atoms with Crippen LogP contribution in [0.25, 0.3) is 0 Å². The van der Waals surface area contributed by atoms with Gasteiger partial charge in [-0.05, 0) is 12.8 Å². The zero-order valence-electron chi connectivity index (χ0n) is 9.13. The van der Waals surface area contributed by atoms with E-state index in [1.54, 1.807) is 0 Å². The van der Waals surface area contributed by atoms with Gasteiger partial charge in [0.2, 0.25) is 5.91 Å². The van der Waals surface area contributed by atoms with Crippen LogP contribution < -0.4 is 5.73 Å². The van der Waals surface area contributed by atoms with Crippen molar-refractivity contribution in [1.29, 1.82) is 0 Å². The first kappa shape index (κ1) is 15.3. The lowest BCUT2D eigenvalue weighted by atomic mass is 10.1. The molecule has 0 aliphatic rings. The second-order valence-electron chi connectivity index (χ2n) is 3.69. The van der Waals surface area contributed by atoms with Crippen molar-refractivity contribution in [3.8, 4) is 0 Å². The Labute approximate surface area is 95.6 Å². The van der Waals surface area contributed by atoms with Crippen LogP contribution in [0.4, 0.5) is 0 Å². The maximum Gasteiger partial charge on any atom is 0.276 e. The van der Waals surface area contributed by atoms with Crippen molar-refractivity contribution in [2.75, 3.05) is 6.61 Å². The molecule has 0 fully saturated rings. The summed E-state index contributed by atoms with van der Waals surface area (Å²) in [6, 6.07) is 0. The first-order chi connectivity index (χ1) is 7.39. The second kappa shape index (κ2) is 7.59. The molecule has 0 aromatic rings. The highest BCUT2D eigenvalue weighted by atomic mass is 32.2. The number of hydrogen-bond donors (Lipinski definition) is 3. The summed E-state index contributed by atoms with van der Waals surface area (Å²) in [7, 11) is -4.38. The highest BCUT2D eigenvalue weighted by Crippen LogP contribution is 2.11. The third kappa shape index (κ3) is 6.76. The van der Waals surface area contributed by atoms with E-state index in [-0.39, 0.29) is 13.0 Å². The number of aliphatic hydroxyl groups excluding tert-OH is 1. The molecule has 6 nitrogen and oxygen atoms in total. The Kier molecular flexibility index (Phi) is 7.27. The number of rotatable bonds is 9. The Bertz CT molecular complexity index is 301. The largest absolute Gasteiger partial charge is 0.396 e. The summed E-state index contributed by atoms with van der Waals surface area (Å²) in [5, 5.41) is 7.02. The van der Waals surface area contributed by atoms with E-state index in [4.69, 9.17) is 15.4 Å². The van der Waals surface area contributed by atoms with E-state index in [1.807, 2.05) is 0 Å². The number of nitrogens with two attached hydrogens (primary N) is 1. The summed E-state index contributed by atoms with van der Waals surface area (Å²) in [4.78, 5) is 10.8. The molecule has 0 saturated heterocycles. The maximum atomic E-state index is 10.8. The van der Waals surface area contributed by atoms with E-state index >= 15 is 0 Å². The van der Waals surface area contributed by atoms with Crippen LogP contribution in [0.1, 0.15) is 38.5 Å². The van der Waals surface area contributed by atoms with Crippen molar-refractivity contribution < 1.29 is 22.9 Å². The Hall–Kier alpha value is -0.660. The van der Waals surface area contributed by atoms with Crippen LogP contribution in [-0.2, 0) is 14.9 Å². The van der Waals surface area contributed by atoms with Gasteiger partial charge in [-0.25, -0.2) is 0 Å². The molecule has 7 heteroatoms. The van der Waals surface area contributed by atoms with E-state index in [0.717, 1.165) is 25.7 Å². The average Bonchev–Trinajstić information content (AvgIpc) is 2.13. The molecule has 0 rings (SSSR count). The van der Waals surface area contributed by atoms with Crippen LogP contribution in [0.3, 0.4) is 0 Å². The Balaban J connectivity index is 3.84. The highest BCUT2D eigenvalue weighted by Gasteiger charge is 2.27. The van der Waals surface area contributed by atoms with Crippen molar-refractivity contribution in [2.45, 2.75) is 43.8 Å². The molecular weight excluding hydrogens is 234 g/mol. The Morgan fingerprint density at radius 1 is 1.12 bits per heavy atom. The summed E-state index contributed by atoms with van der Waals surface area (Å²) in [5.74, 6) is -1.02. The van der Waals surface area contributed by atoms with Gasteiger partial charge in [-0.2, -0.15) is 8.42 Å². The Morgan fingerprint density at radius 3 is 2.06 bits per heavy atom. The molecule has 0 bridgehead atoms. The number of amides is 1. The first-order valence-electron chi connectivity index (χ1n) is 5.26. The molecule has 0 aromatic heterocycles. The summed E-state index contributed by atoms with van der Waals surface area (Å²) < 4.78 is 30.2. The minimum absolute atomic E-state index is 0.0489. The second-order valence-corrected chi connectivity index (χ2v) is 5.29. The smallest absolute Gasteiger partial charge is 0.276 e. The molecular formula is C9H19NO5S. The first-order valence-corrected chi connectivity index (χ1v) is 6.76. The van der Waals surface area contributed by atoms with E-state index in [0.29, 0.717) is 6.42 Å². The van der Waals surface area contributed by atoms with Crippen LogP contribution in [0.2, 0.25) is 0 Å². The predicted molar refractivity (Wildman–Crippen MR) is 59.3 cm³/mol.